The van der Waals surface area contributed by atoms with Gasteiger partial charge in [-0.2, -0.15) is 4.73 Å². The molecule has 4 aromatic rings. The molecule has 0 spiro atoms. The van der Waals surface area contributed by atoms with Crippen LogP contribution in [0.1, 0.15) is 61.7 Å². The average Bonchev–Trinajstić information content (AvgIpc) is 3.16. The maximum Gasteiger partial charge on any atom is 0.414 e. The number of carboxylic acid groups (broad SMARTS) is 1. The van der Waals surface area contributed by atoms with Crippen molar-refractivity contribution >= 4 is 46.9 Å². The van der Waals surface area contributed by atoms with E-state index in [-0.39, 0.29) is 46.5 Å². The van der Waals surface area contributed by atoms with E-state index in [2.05, 4.69) is 4.90 Å². The molecule has 0 unspecified atom stereocenters. The fourth-order valence-electron chi connectivity index (χ4n) is 7.35. The third-order valence-electron chi connectivity index (χ3n) is 10.2. The standard InChI is InChI=1S/C40H42Cl2N4O8/c1-43(2)38(47)27-6-5-7-28(17-27)46(40(50)54-37-23-44-14-12-25(37)13-15-44)20-24-8-10-29(39(48)49)31(16-24)30(19-32-33(41)21-45(51)22-34(32)42)26-9-11-35(52-3)36(18-26)53-4/h5-11,16-18,21-22,25,30,37H,12-15,19-20,23H2,1-4H3,(H,48,49)/t30-,37-/m0/s1. The van der Waals surface area contributed by atoms with E-state index in [4.69, 9.17) is 37.4 Å². The molecule has 3 saturated heterocycles. The summed E-state index contributed by atoms with van der Waals surface area (Å²) >= 11 is 13.1. The number of nitrogens with zero attached hydrogens (tertiary/aromatic N) is 4. The smallest absolute Gasteiger partial charge is 0.414 e. The summed E-state index contributed by atoms with van der Waals surface area (Å²) < 4.78 is 17.8. The minimum absolute atomic E-state index is 0.00583. The summed E-state index contributed by atoms with van der Waals surface area (Å²) in [7, 11) is 6.33. The molecule has 1 N–H and O–H groups in total. The number of methoxy groups -OCH3 is 2. The number of piperidine rings is 3. The number of ether oxygens (including phenoxy) is 3. The number of anilines is 1. The maximum absolute atomic E-state index is 14.2. The number of amides is 2. The highest BCUT2D eigenvalue weighted by molar-refractivity contribution is 6.35. The summed E-state index contributed by atoms with van der Waals surface area (Å²) in [6, 6.07) is 17.0. The second-order valence-electron chi connectivity index (χ2n) is 13.8. The minimum Gasteiger partial charge on any atom is -0.619 e. The lowest BCUT2D eigenvalue weighted by Gasteiger charge is -2.44. The Morgan fingerprint density at radius 3 is 2.28 bits per heavy atom. The molecular formula is C40H42Cl2N4O8. The summed E-state index contributed by atoms with van der Waals surface area (Å²) in [5.74, 6) is -0.917. The van der Waals surface area contributed by atoms with Gasteiger partial charge >= 0.3 is 12.1 Å². The summed E-state index contributed by atoms with van der Waals surface area (Å²) in [5.41, 5.74) is 2.95. The summed E-state index contributed by atoms with van der Waals surface area (Å²) in [5, 5.41) is 22.9. The molecule has 12 nitrogen and oxygen atoms in total. The number of benzene rings is 3. The molecule has 2 bridgehead atoms. The monoisotopic (exact) mass is 776 g/mol. The van der Waals surface area contributed by atoms with Crippen LogP contribution in [0.15, 0.2) is 73.1 Å². The molecule has 0 aliphatic carbocycles. The van der Waals surface area contributed by atoms with Crippen LogP contribution in [0.2, 0.25) is 10.0 Å². The predicted molar refractivity (Wildman–Crippen MR) is 204 cm³/mol. The summed E-state index contributed by atoms with van der Waals surface area (Å²) in [6.45, 7) is 2.61. The lowest BCUT2D eigenvalue weighted by atomic mass is 9.82. The highest BCUT2D eigenvalue weighted by Crippen LogP contribution is 2.39. The molecule has 3 aromatic carbocycles. The maximum atomic E-state index is 14.2. The molecule has 54 heavy (non-hydrogen) atoms. The Kier molecular flexibility index (Phi) is 11.8. The molecule has 2 amide bonds. The SMILES string of the molecule is COc1ccc([C@H](Cc2c(Cl)c[n+]([O-])cc2Cl)c2cc(CN(C(=O)O[C@H]3CN4CCC3CC4)c3cccc(C(=O)N(C)C)c3)ccc2C(=O)O)cc1OC. The van der Waals surface area contributed by atoms with Crippen LogP contribution in [0, 0.1) is 11.1 Å². The van der Waals surface area contributed by atoms with Crippen LogP contribution in [0.3, 0.4) is 0 Å². The van der Waals surface area contributed by atoms with E-state index in [0.717, 1.165) is 25.9 Å². The third kappa shape index (κ3) is 8.36. The number of hydrogen-bond donors (Lipinski definition) is 1. The quantitative estimate of drug-likeness (QED) is 0.124. The average molecular weight is 778 g/mol. The second-order valence-corrected chi connectivity index (χ2v) is 14.6. The Morgan fingerprint density at radius 1 is 0.963 bits per heavy atom. The summed E-state index contributed by atoms with van der Waals surface area (Å²) in [6.07, 6.45) is 3.55. The number of aromatic carboxylic acids is 1. The van der Waals surface area contributed by atoms with Crippen LogP contribution in [0.25, 0.3) is 0 Å². The van der Waals surface area contributed by atoms with Crippen molar-refractivity contribution < 1.29 is 38.4 Å². The number of carbonyl (C=O) groups is 3. The van der Waals surface area contributed by atoms with Crippen molar-refractivity contribution in [2.45, 2.75) is 37.8 Å². The lowest BCUT2D eigenvalue weighted by molar-refractivity contribution is -0.605. The number of fused-ring (bicyclic) bond motifs is 3. The number of carboxylic acids is 1. The van der Waals surface area contributed by atoms with Crippen molar-refractivity contribution in [3.05, 3.63) is 122 Å². The highest BCUT2D eigenvalue weighted by Gasteiger charge is 2.38. The van der Waals surface area contributed by atoms with E-state index in [9.17, 15) is 24.7 Å². The first-order chi connectivity index (χ1) is 25.9. The van der Waals surface area contributed by atoms with Crippen LogP contribution in [0.5, 0.6) is 11.5 Å². The van der Waals surface area contributed by atoms with Crippen LogP contribution in [-0.4, -0.2) is 86.9 Å². The van der Waals surface area contributed by atoms with Crippen LogP contribution < -0.4 is 19.1 Å². The molecule has 3 aliphatic heterocycles. The van der Waals surface area contributed by atoms with Gasteiger partial charge in [0.05, 0.1) is 26.3 Å². The molecule has 14 heteroatoms. The molecule has 0 saturated carbocycles. The molecule has 3 fully saturated rings. The van der Waals surface area contributed by atoms with Crippen molar-refractivity contribution in [3.63, 3.8) is 0 Å². The Morgan fingerprint density at radius 2 is 1.67 bits per heavy atom. The van der Waals surface area contributed by atoms with Crippen LogP contribution in [0.4, 0.5) is 10.5 Å². The fourth-order valence-corrected chi connectivity index (χ4v) is 7.95. The zero-order chi connectivity index (χ0) is 38.7. The molecule has 2 atom stereocenters. The van der Waals surface area contributed by atoms with Crippen molar-refractivity contribution in [2.24, 2.45) is 5.92 Å². The zero-order valence-corrected chi connectivity index (χ0v) is 32.0. The molecule has 284 valence electrons. The van der Waals surface area contributed by atoms with Gasteiger partial charge in [0, 0.05) is 43.4 Å². The van der Waals surface area contributed by atoms with E-state index in [1.54, 1.807) is 68.7 Å². The molecule has 1 aromatic heterocycles. The molecular weight excluding hydrogens is 735 g/mol. The van der Waals surface area contributed by atoms with Crippen molar-refractivity contribution in [3.8, 4) is 11.5 Å². The van der Waals surface area contributed by atoms with E-state index < -0.39 is 18.0 Å². The normalized spacial score (nSPS) is 18.1. The van der Waals surface area contributed by atoms with Gasteiger partial charge in [-0.15, -0.1) is 0 Å². The van der Waals surface area contributed by atoms with Gasteiger partial charge in [0.25, 0.3) is 5.91 Å². The van der Waals surface area contributed by atoms with Gasteiger partial charge in [0.2, 0.25) is 0 Å². The predicted octanol–water partition coefficient (Wildman–Crippen LogP) is 6.66. The molecule has 0 radical (unpaired) electrons. The first-order valence-electron chi connectivity index (χ1n) is 17.5. The fraction of sp³-hybridized carbons (Fsp3) is 0.350. The first-order valence-corrected chi connectivity index (χ1v) is 18.3. The number of hydrogen-bond acceptors (Lipinski definition) is 8. The van der Waals surface area contributed by atoms with E-state index in [0.29, 0.717) is 56.3 Å². The van der Waals surface area contributed by atoms with Crippen molar-refractivity contribution in [2.75, 3.05) is 52.8 Å². The van der Waals surface area contributed by atoms with E-state index in [1.807, 2.05) is 0 Å². The lowest BCUT2D eigenvalue weighted by Crippen LogP contribution is -2.53. The van der Waals surface area contributed by atoms with Crippen molar-refractivity contribution in [1.29, 1.82) is 0 Å². The zero-order valence-electron chi connectivity index (χ0n) is 30.5. The molecule has 3 aliphatic rings. The Hall–Kier alpha value is -5.04. The van der Waals surface area contributed by atoms with Gasteiger partial charge in [-0.1, -0.05) is 47.5 Å². The topological polar surface area (TPSA) is 136 Å². The highest BCUT2D eigenvalue weighted by atomic mass is 35.5. The van der Waals surface area contributed by atoms with Gasteiger partial charge < -0.3 is 29.4 Å². The van der Waals surface area contributed by atoms with Gasteiger partial charge in [0.1, 0.15) is 16.1 Å². The first kappa shape index (κ1) is 38.7. The minimum atomic E-state index is -1.17. The molecule has 7 rings (SSSR count). The second kappa shape index (κ2) is 16.5. The largest absolute Gasteiger partial charge is 0.619 e. The number of halogens is 2. The Labute approximate surface area is 323 Å². The number of pyridine rings is 1. The van der Waals surface area contributed by atoms with Crippen LogP contribution in [-0.2, 0) is 17.7 Å². The van der Waals surface area contributed by atoms with E-state index in [1.165, 1.54) is 42.5 Å². The third-order valence-corrected chi connectivity index (χ3v) is 10.9. The van der Waals surface area contributed by atoms with E-state index >= 15 is 0 Å². The van der Waals surface area contributed by atoms with Crippen LogP contribution >= 0.6 is 23.2 Å². The van der Waals surface area contributed by atoms with Gasteiger partial charge in [0.15, 0.2) is 23.9 Å². The Balaban J connectivity index is 1.45. The summed E-state index contributed by atoms with van der Waals surface area (Å²) in [4.78, 5) is 45.3. The Bertz CT molecular complexity index is 2030. The molecule has 4 heterocycles. The number of aromatic nitrogens is 1. The van der Waals surface area contributed by atoms with Gasteiger partial charge in [-0.25, -0.2) is 9.59 Å². The van der Waals surface area contributed by atoms with Gasteiger partial charge in [-0.3, -0.25) is 14.6 Å². The van der Waals surface area contributed by atoms with Crippen molar-refractivity contribution in [1.82, 2.24) is 9.80 Å². The number of carbonyl (C=O) groups excluding carboxylic acids is 2. The van der Waals surface area contributed by atoms with Gasteiger partial charge in [-0.05, 0) is 91.4 Å². The number of rotatable bonds is 12.